The summed E-state index contributed by atoms with van der Waals surface area (Å²) in [5.41, 5.74) is 0.323. The van der Waals surface area contributed by atoms with Gasteiger partial charge in [0, 0.05) is 12.6 Å². The van der Waals surface area contributed by atoms with E-state index in [1.807, 2.05) is 0 Å². The highest BCUT2D eigenvalue weighted by atomic mass is 35.5. The first kappa shape index (κ1) is 16.4. The first-order valence-electron chi connectivity index (χ1n) is 6.40. The number of para-hydroxylation sites is 1. The number of sulfonamides is 1. The lowest BCUT2D eigenvalue weighted by molar-refractivity contribution is 0.0661. The van der Waals surface area contributed by atoms with Crippen LogP contribution in [0.2, 0.25) is 5.02 Å². The van der Waals surface area contributed by atoms with Gasteiger partial charge in [-0.15, -0.1) is 0 Å². The first-order valence-corrected chi connectivity index (χ1v) is 8.21. The monoisotopic (exact) mass is 343 g/mol. The molecule has 0 fully saturated rings. The topological polar surface area (TPSA) is 87.8 Å². The SMILES string of the molecule is CCN(c1ccccc1Cl)S(=O)(=O)c1cc(C(=O)O)oc1C. The molecule has 2 aromatic rings. The van der Waals surface area contributed by atoms with Crippen molar-refractivity contribution in [1.29, 1.82) is 0 Å². The van der Waals surface area contributed by atoms with Gasteiger partial charge in [-0.1, -0.05) is 23.7 Å². The molecule has 0 amide bonds. The van der Waals surface area contributed by atoms with Crippen molar-refractivity contribution in [3.63, 3.8) is 0 Å². The Morgan fingerprint density at radius 2 is 2.00 bits per heavy atom. The average Bonchev–Trinajstić information content (AvgIpc) is 2.84. The molecule has 1 N–H and O–H groups in total. The first-order chi connectivity index (χ1) is 10.3. The summed E-state index contributed by atoms with van der Waals surface area (Å²) in [5, 5.41) is 9.21. The van der Waals surface area contributed by atoms with Gasteiger partial charge in [-0.25, -0.2) is 13.2 Å². The van der Waals surface area contributed by atoms with Gasteiger partial charge < -0.3 is 9.52 Å². The Hall–Kier alpha value is -1.99. The lowest BCUT2D eigenvalue weighted by Gasteiger charge is -2.23. The number of carbonyl (C=O) groups is 1. The van der Waals surface area contributed by atoms with Crippen molar-refractivity contribution < 1.29 is 22.7 Å². The van der Waals surface area contributed by atoms with Crippen LogP contribution in [0.15, 0.2) is 39.6 Å². The normalized spacial score (nSPS) is 11.4. The Morgan fingerprint density at radius 1 is 1.36 bits per heavy atom. The van der Waals surface area contributed by atoms with Crippen LogP contribution in [-0.2, 0) is 10.0 Å². The van der Waals surface area contributed by atoms with E-state index >= 15 is 0 Å². The van der Waals surface area contributed by atoms with Crippen LogP contribution in [-0.4, -0.2) is 26.0 Å². The Balaban J connectivity index is 2.57. The van der Waals surface area contributed by atoms with Crippen LogP contribution in [0.1, 0.15) is 23.2 Å². The minimum atomic E-state index is -3.98. The molecule has 0 radical (unpaired) electrons. The van der Waals surface area contributed by atoms with Gasteiger partial charge >= 0.3 is 5.97 Å². The van der Waals surface area contributed by atoms with Crippen LogP contribution in [0.3, 0.4) is 0 Å². The average molecular weight is 344 g/mol. The summed E-state index contributed by atoms with van der Waals surface area (Å²) < 4.78 is 31.7. The van der Waals surface area contributed by atoms with Crippen LogP contribution in [0.5, 0.6) is 0 Å². The fraction of sp³-hybridized carbons (Fsp3) is 0.214. The lowest BCUT2D eigenvalue weighted by atomic mass is 10.3. The summed E-state index contributed by atoms with van der Waals surface area (Å²) in [7, 11) is -3.98. The second-order valence-electron chi connectivity index (χ2n) is 4.46. The predicted molar refractivity (Wildman–Crippen MR) is 82.1 cm³/mol. The third-order valence-corrected chi connectivity index (χ3v) is 5.38. The number of carboxylic acid groups (broad SMARTS) is 1. The largest absolute Gasteiger partial charge is 0.475 e. The van der Waals surface area contributed by atoms with E-state index in [0.717, 1.165) is 10.4 Å². The zero-order chi connectivity index (χ0) is 16.5. The van der Waals surface area contributed by atoms with Gasteiger partial charge in [0.1, 0.15) is 10.7 Å². The minimum absolute atomic E-state index is 0.0166. The number of aromatic carboxylic acids is 1. The van der Waals surface area contributed by atoms with Gasteiger partial charge in [0.2, 0.25) is 5.76 Å². The molecular weight excluding hydrogens is 330 g/mol. The minimum Gasteiger partial charge on any atom is -0.475 e. The van der Waals surface area contributed by atoms with E-state index in [4.69, 9.17) is 21.1 Å². The Labute approximate surface area is 133 Å². The highest BCUT2D eigenvalue weighted by Gasteiger charge is 2.30. The van der Waals surface area contributed by atoms with E-state index < -0.39 is 21.8 Å². The molecule has 0 atom stereocenters. The number of benzene rings is 1. The Kier molecular flexibility index (Phi) is 4.48. The molecule has 1 aromatic carbocycles. The summed E-state index contributed by atoms with van der Waals surface area (Å²) >= 11 is 6.06. The van der Waals surface area contributed by atoms with Crippen molar-refractivity contribution in [2.45, 2.75) is 18.7 Å². The molecule has 2 rings (SSSR count). The number of anilines is 1. The number of aryl methyl sites for hydroxylation is 1. The molecule has 118 valence electrons. The van der Waals surface area contributed by atoms with Gasteiger partial charge in [0.15, 0.2) is 0 Å². The van der Waals surface area contributed by atoms with Crippen molar-refractivity contribution >= 4 is 33.3 Å². The van der Waals surface area contributed by atoms with E-state index in [1.165, 1.54) is 6.92 Å². The Morgan fingerprint density at radius 3 is 2.50 bits per heavy atom. The number of hydrogen-bond acceptors (Lipinski definition) is 4. The maximum atomic E-state index is 12.8. The summed E-state index contributed by atoms with van der Waals surface area (Å²) in [6.45, 7) is 3.20. The smallest absolute Gasteiger partial charge is 0.371 e. The molecule has 1 aromatic heterocycles. The molecule has 0 saturated heterocycles. The standard InChI is InChI=1S/C14H14ClNO5S/c1-3-16(11-7-5-4-6-10(11)15)22(19,20)13-8-12(14(17)18)21-9(13)2/h4-8H,3H2,1-2H3,(H,17,18). The second kappa shape index (κ2) is 6.02. The Bertz CT molecular complexity index is 812. The van der Waals surface area contributed by atoms with Crippen LogP contribution >= 0.6 is 11.6 Å². The van der Waals surface area contributed by atoms with Crippen LogP contribution in [0.25, 0.3) is 0 Å². The summed E-state index contributed by atoms with van der Waals surface area (Å²) in [6.07, 6.45) is 0. The molecular formula is C14H14ClNO5S. The van der Waals surface area contributed by atoms with E-state index in [1.54, 1.807) is 31.2 Å². The molecule has 8 heteroatoms. The van der Waals surface area contributed by atoms with Crippen LogP contribution < -0.4 is 4.31 Å². The van der Waals surface area contributed by atoms with Gasteiger partial charge in [-0.05, 0) is 26.0 Å². The summed E-state index contributed by atoms with van der Waals surface area (Å²) in [6, 6.07) is 7.53. The quantitative estimate of drug-likeness (QED) is 0.900. The van der Waals surface area contributed by atoms with Crippen molar-refractivity contribution in [2.24, 2.45) is 0 Å². The van der Waals surface area contributed by atoms with Crippen molar-refractivity contribution in [1.82, 2.24) is 0 Å². The molecule has 0 aliphatic heterocycles. The zero-order valence-electron chi connectivity index (χ0n) is 11.9. The number of hydrogen-bond donors (Lipinski definition) is 1. The number of rotatable bonds is 5. The highest BCUT2D eigenvalue weighted by molar-refractivity contribution is 7.92. The van der Waals surface area contributed by atoms with Crippen molar-refractivity contribution in [3.8, 4) is 0 Å². The van der Waals surface area contributed by atoms with Crippen molar-refractivity contribution in [2.75, 3.05) is 10.8 Å². The predicted octanol–water partition coefficient (Wildman–Crippen LogP) is 3.15. The van der Waals surface area contributed by atoms with Crippen LogP contribution in [0.4, 0.5) is 5.69 Å². The van der Waals surface area contributed by atoms with E-state index in [9.17, 15) is 13.2 Å². The molecule has 0 aliphatic rings. The number of nitrogens with zero attached hydrogens (tertiary/aromatic N) is 1. The molecule has 0 unspecified atom stereocenters. The molecule has 1 heterocycles. The molecule has 0 saturated carbocycles. The summed E-state index contributed by atoms with van der Waals surface area (Å²) in [5.74, 6) is -1.74. The van der Waals surface area contributed by atoms with Crippen LogP contribution in [0, 0.1) is 6.92 Å². The molecule has 6 nitrogen and oxygen atoms in total. The van der Waals surface area contributed by atoms with Gasteiger partial charge in [0.05, 0.1) is 10.7 Å². The maximum Gasteiger partial charge on any atom is 0.371 e. The zero-order valence-corrected chi connectivity index (χ0v) is 13.5. The fourth-order valence-electron chi connectivity index (χ4n) is 2.07. The maximum absolute atomic E-state index is 12.8. The highest BCUT2D eigenvalue weighted by Crippen LogP contribution is 2.32. The lowest BCUT2D eigenvalue weighted by Crippen LogP contribution is -2.31. The fourth-order valence-corrected chi connectivity index (χ4v) is 4.01. The van der Waals surface area contributed by atoms with E-state index in [0.29, 0.717) is 5.69 Å². The molecule has 0 bridgehead atoms. The van der Waals surface area contributed by atoms with Gasteiger partial charge in [-0.3, -0.25) is 4.31 Å². The summed E-state index contributed by atoms with van der Waals surface area (Å²) in [4.78, 5) is 10.7. The number of carboxylic acids is 1. The number of furan rings is 1. The van der Waals surface area contributed by atoms with E-state index in [2.05, 4.69) is 0 Å². The van der Waals surface area contributed by atoms with Crippen molar-refractivity contribution in [3.05, 3.63) is 46.9 Å². The van der Waals surface area contributed by atoms with Gasteiger partial charge in [0.25, 0.3) is 10.0 Å². The molecule has 0 aliphatic carbocycles. The molecule has 0 spiro atoms. The van der Waals surface area contributed by atoms with E-state index in [-0.39, 0.29) is 22.2 Å². The van der Waals surface area contributed by atoms with Gasteiger partial charge in [-0.2, -0.15) is 0 Å². The number of halogens is 1. The third-order valence-electron chi connectivity index (χ3n) is 3.06. The third kappa shape index (κ3) is 2.82. The molecule has 22 heavy (non-hydrogen) atoms. The second-order valence-corrected chi connectivity index (χ2v) is 6.70.